The molecule has 6 heteroatoms. The van der Waals surface area contributed by atoms with E-state index < -0.39 is 0 Å². The van der Waals surface area contributed by atoms with Gasteiger partial charge >= 0.3 is 0 Å². The Morgan fingerprint density at radius 3 is 2.50 bits per heavy atom. The van der Waals surface area contributed by atoms with Gasteiger partial charge in [0.05, 0.1) is 10.2 Å². The number of anilines is 1. The molecule has 3 aromatic rings. The normalized spacial score (nSPS) is 11.2. The number of amides is 1. The molecule has 2 aromatic carbocycles. The number of carbonyl (C=O) groups is 1. The van der Waals surface area contributed by atoms with Gasteiger partial charge in [0.25, 0.3) is 0 Å². The fourth-order valence-corrected chi connectivity index (χ4v) is 4.80. The number of fused-ring (bicyclic) bond motifs is 1. The highest BCUT2D eigenvalue weighted by Crippen LogP contribution is 2.29. The third-order valence-electron chi connectivity index (χ3n) is 4.35. The fourth-order valence-electron chi connectivity index (χ4n) is 2.91. The first kappa shape index (κ1) is 20.8. The molecule has 3 rings (SSSR count). The first-order valence-electron chi connectivity index (χ1n) is 9.62. The van der Waals surface area contributed by atoms with Crippen molar-refractivity contribution in [1.82, 2.24) is 9.88 Å². The lowest BCUT2D eigenvalue weighted by molar-refractivity contribution is -0.118. The van der Waals surface area contributed by atoms with Gasteiger partial charge in [-0.1, -0.05) is 41.7 Å². The van der Waals surface area contributed by atoms with Gasteiger partial charge < -0.3 is 4.90 Å². The molecule has 0 radical (unpaired) electrons. The highest BCUT2D eigenvalue weighted by molar-refractivity contribution is 7.99. The Morgan fingerprint density at radius 1 is 1.00 bits per heavy atom. The van der Waals surface area contributed by atoms with Gasteiger partial charge in [-0.05, 0) is 63.5 Å². The van der Waals surface area contributed by atoms with Crippen molar-refractivity contribution in [1.29, 1.82) is 0 Å². The number of nitrogens with zero attached hydrogens (tertiary/aromatic N) is 3. The summed E-state index contributed by atoms with van der Waals surface area (Å²) >= 11 is 3.41. The zero-order valence-corrected chi connectivity index (χ0v) is 18.1. The van der Waals surface area contributed by atoms with Crippen molar-refractivity contribution >= 4 is 44.4 Å². The van der Waals surface area contributed by atoms with Crippen LogP contribution < -0.4 is 4.90 Å². The van der Waals surface area contributed by atoms with Gasteiger partial charge in [-0.3, -0.25) is 9.69 Å². The van der Waals surface area contributed by atoms with E-state index in [4.69, 9.17) is 4.98 Å². The van der Waals surface area contributed by atoms with E-state index >= 15 is 0 Å². The summed E-state index contributed by atoms with van der Waals surface area (Å²) < 4.78 is 1.13. The summed E-state index contributed by atoms with van der Waals surface area (Å²) in [6.45, 7) is 1.67. The first-order chi connectivity index (χ1) is 13.6. The Balaban J connectivity index is 1.61. The lowest BCUT2D eigenvalue weighted by Gasteiger charge is -2.21. The van der Waals surface area contributed by atoms with E-state index in [0.717, 1.165) is 40.5 Å². The minimum absolute atomic E-state index is 0.173. The molecule has 1 aromatic heterocycles. The number of para-hydroxylation sites is 1. The highest BCUT2D eigenvalue weighted by atomic mass is 32.2. The van der Waals surface area contributed by atoms with Crippen molar-refractivity contribution in [2.24, 2.45) is 0 Å². The second-order valence-electron chi connectivity index (χ2n) is 6.93. The Morgan fingerprint density at radius 2 is 1.75 bits per heavy atom. The van der Waals surface area contributed by atoms with E-state index in [0.29, 0.717) is 13.0 Å². The van der Waals surface area contributed by atoms with Crippen LogP contribution in [0.2, 0.25) is 0 Å². The van der Waals surface area contributed by atoms with Crippen LogP contribution in [0.3, 0.4) is 0 Å². The number of carbonyl (C=O) groups excluding carboxylic acids is 1. The van der Waals surface area contributed by atoms with Crippen LogP contribution in [0.5, 0.6) is 0 Å². The van der Waals surface area contributed by atoms with Gasteiger partial charge in [0, 0.05) is 17.9 Å². The number of aromatic nitrogens is 1. The topological polar surface area (TPSA) is 36.4 Å². The maximum Gasteiger partial charge on any atom is 0.228 e. The molecule has 0 fully saturated rings. The standard InChI is InChI=1S/C22H27N3OS2/c1-24(2)15-9-16-25(22-23-19-12-6-7-13-20(19)28-22)21(26)14-8-17-27-18-10-4-3-5-11-18/h3-7,10-13H,8-9,14-17H2,1-2H3. The molecule has 1 heterocycles. The van der Waals surface area contributed by atoms with Crippen molar-refractivity contribution in [2.45, 2.75) is 24.2 Å². The largest absolute Gasteiger partial charge is 0.309 e. The minimum Gasteiger partial charge on any atom is -0.309 e. The maximum atomic E-state index is 13.0. The number of rotatable bonds is 10. The molecule has 148 valence electrons. The molecule has 0 N–H and O–H groups in total. The third-order valence-corrected chi connectivity index (χ3v) is 6.51. The molecule has 4 nitrogen and oxygen atoms in total. The molecule has 28 heavy (non-hydrogen) atoms. The smallest absolute Gasteiger partial charge is 0.228 e. The maximum absolute atomic E-state index is 13.0. The van der Waals surface area contributed by atoms with Crippen molar-refractivity contribution in [2.75, 3.05) is 37.8 Å². The zero-order chi connectivity index (χ0) is 19.8. The van der Waals surface area contributed by atoms with Gasteiger partial charge in [0.15, 0.2) is 5.13 Å². The lowest BCUT2D eigenvalue weighted by atomic mass is 10.3. The fraction of sp³-hybridized carbons (Fsp3) is 0.364. The molecule has 1 amide bonds. The summed E-state index contributed by atoms with van der Waals surface area (Å²) in [5.74, 6) is 1.12. The van der Waals surface area contributed by atoms with Crippen LogP contribution in [0.25, 0.3) is 10.2 Å². The Kier molecular flexibility index (Phi) is 7.89. The summed E-state index contributed by atoms with van der Waals surface area (Å²) in [6.07, 6.45) is 2.36. The zero-order valence-electron chi connectivity index (χ0n) is 16.5. The third kappa shape index (κ3) is 6.06. The van der Waals surface area contributed by atoms with Gasteiger partial charge in [-0.2, -0.15) is 0 Å². The van der Waals surface area contributed by atoms with E-state index in [1.54, 1.807) is 23.1 Å². The van der Waals surface area contributed by atoms with Crippen molar-refractivity contribution in [3.8, 4) is 0 Å². The van der Waals surface area contributed by atoms with E-state index in [1.807, 2.05) is 41.3 Å². The predicted molar refractivity (Wildman–Crippen MR) is 122 cm³/mol. The Bertz CT molecular complexity index is 847. The van der Waals surface area contributed by atoms with Gasteiger partial charge in [0.1, 0.15) is 0 Å². The predicted octanol–water partition coefficient (Wildman–Crippen LogP) is 5.15. The molecule has 0 aliphatic carbocycles. The van der Waals surface area contributed by atoms with Crippen molar-refractivity contribution < 1.29 is 4.79 Å². The van der Waals surface area contributed by atoms with Gasteiger partial charge in [-0.25, -0.2) is 4.98 Å². The summed E-state index contributed by atoms with van der Waals surface area (Å²) in [5.41, 5.74) is 0.965. The van der Waals surface area contributed by atoms with E-state index in [1.165, 1.54) is 4.90 Å². The first-order valence-corrected chi connectivity index (χ1v) is 11.4. The number of hydrogen-bond donors (Lipinski definition) is 0. The summed E-state index contributed by atoms with van der Waals surface area (Å²) in [4.78, 5) is 23.0. The second-order valence-corrected chi connectivity index (χ2v) is 9.11. The summed E-state index contributed by atoms with van der Waals surface area (Å²) in [7, 11) is 4.12. The summed E-state index contributed by atoms with van der Waals surface area (Å²) in [6, 6.07) is 18.4. The van der Waals surface area contributed by atoms with Crippen LogP contribution in [0.1, 0.15) is 19.3 Å². The molecule has 0 spiro atoms. The molecule has 0 saturated heterocycles. The van der Waals surface area contributed by atoms with Crippen molar-refractivity contribution in [3.63, 3.8) is 0 Å². The SMILES string of the molecule is CN(C)CCCN(C(=O)CCCSc1ccccc1)c1nc2ccccc2s1. The molecule has 0 unspecified atom stereocenters. The van der Waals surface area contributed by atoms with Crippen LogP contribution in [0.15, 0.2) is 59.5 Å². The minimum atomic E-state index is 0.173. The van der Waals surface area contributed by atoms with Crippen LogP contribution in [-0.4, -0.2) is 48.7 Å². The Hall–Kier alpha value is -1.89. The number of thiazole rings is 1. The molecule has 0 atom stereocenters. The molecule has 0 aliphatic rings. The lowest BCUT2D eigenvalue weighted by Crippen LogP contribution is -2.33. The van der Waals surface area contributed by atoms with Crippen LogP contribution in [0.4, 0.5) is 5.13 Å². The molecule has 0 bridgehead atoms. The van der Waals surface area contributed by atoms with E-state index in [9.17, 15) is 4.79 Å². The quantitative estimate of drug-likeness (QED) is 0.340. The Labute approximate surface area is 175 Å². The molecule has 0 saturated carbocycles. The monoisotopic (exact) mass is 413 g/mol. The number of benzene rings is 2. The van der Waals surface area contributed by atoms with E-state index in [-0.39, 0.29) is 5.91 Å². The van der Waals surface area contributed by atoms with Crippen LogP contribution >= 0.6 is 23.1 Å². The average molecular weight is 414 g/mol. The number of thioether (sulfide) groups is 1. The van der Waals surface area contributed by atoms with Gasteiger partial charge in [-0.15, -0.1) is 11.8 Å². The molecular formula is C22H27N3OS2. The van der Waals surface area contributed by atoms with Crippen LogP contribution in [-0.2, 0) is 4.79 Å². The molecule has 0 aliphatic heterocycles. The van der Waals surface area contributed by atoms with Crippen LogP contribution in [0, 0.1) is 0 Å². The van der Waals surface area contributed by atoms with E-state index in [2.05, 4.69) is 37.2 Å². The van der Waals surface area contributed by atoms with Gasteiger partial charge in [0.2, 0.25) is 5.91 Å². The molecular weight excluding hydrogens is 386 g/mol. The van der Waals surface area contributed by atoms with Crippen molar-refractivity contribution in [3.05, 3.63) is 54.6 Å². The second kappa shape index (κ2) is 10.6. The summed E-state index contributed by atoms with van der Waals surface area (Å²) in [5, 5.41) is 0.820. The highest BCUT2D eigenvalue weighted by Gasteiger charge is 2.19. The number of hydrogen-bond acceptors (Lipinski definition) is 5. The average Bonchev–Trinajstić information content (AvgIpc) is 3.12.